The zero-order valence-corrected chi connectivity index (χ0v) is 29.8. The van der Waals surface area contributed by atoms with Crippen molar-refractivity contribution in [2.75, 3.05) is 19.7 Å². The Balaban J connectivity index is 1.43. The molecule has 1 spiro atoms. The highest BCUT2D eigenvalue weighted by Crippen LogP contribution is 2.29. The van der Waals surface area contributed by atoms with Crippen LogP contribution < -0.4 is 31.3 Å². The highest BCUT2D eigenvalue weighted by atomic mass is 19.1. The Bertz CT molecular complexity index is 1730. The van der Waals surface area contributed by atoms with Gasteiger partial charge in [-0.25, -0.2) is 4.39 Å². The second kappa shape index (κ2) is 17.3. The zero-order chi connectivity index (χ0) is 37.1. The first-order valence-electron chi connectivity index (χ1n) is 18.0. The van der Waals surface area contributed by atoms with Crippen LogP contribution >= 0.6 is 0 Å². The summed E-state index contributed by atoms with van der Waals surface area (Å²) in [5.74, 6) is -2.76. The summed E-state index contributed by atoms with van der Waals surface area (Å²) in [6, 6.07) is 19.7. The van der Waals surface area contributed by atoms with Gasteiger partial charge in [-0.05, 0) is 54.7 Å². The molecule has 2 aliphatic rings. The van der Waals surface area contributed by atoms with Crippen LogP contribution in [0.1, 0.15) is 80.3 Å². The Morgan fingerprint density at radius 2 is 1.58 bits per heavy atom. The van der Waals surface area contributed by atoms with Gasteiger partial charge in [-0.15, -0.1) is 0 Å². The molecular formula is C40H48FN5O6. The lowest BCUT2D eigenvalue weighted by atomic mass is 9.80. The molecule has 0 radical (unpaired) electrons. The van der Waals surface area contributed by atoms with Crippen molar-refractivity contribution in [3.8, 4) is 5.75 Å². The van der Waals surface area contributed by atoms with Crippen molar-refractivity contribution in [3.63, 3.8) is 0 Å². The number of carbonyl (C=O) groups is 5. The summed E-state index contributed by atoms with van der Waals surface area (Å²) in [6.07, 6.45) is 3.15. The van der Waals surface area contributed by atoms with Crippen LogP contribution in [0.15, 0.2) is 78.9 Å². The molecule has 2 atom stereocenters. The van der Waals surface area contributed by atoms with E-state index in [1.807, 2.05) is 44.2 Å². The second-order valence-electron chi connectivity index (χ2n) is 14.2. The number of hydrogen-bond acceptors (Lipinski definition) is 6. The van der Waals surface area contributed by atoms with E-state index in [0.717, 1.165) is 17.5 Å². The van der Waals surface area contributed by atoms with Gasteiger partial charge in [-0.2, -0.15) is 0 Å². The maximum absolute atomic E-state index is 14.2. The second-order valence-corrected chi connectivity index (χ2v) is 14.2. The molecule has 11 nitrogen and oxygen atoms in total. The molecule has 0 unspecified atom stereocenters. The van der Waals surface area contributed by atoms with Gasteiger partial charge < -0.3 is 31.3 Å². The first kappa shape index (κ1) is 38.0. The lowest BCUT2D eigenvalue weighted by molar-refractivity contribution is -0.138. The highest BCUT2D eigenvalue weighted by Gasteiger charge is 2.43. The van der Waals surface area contributed by atoms with Crippen molar-refractivity contribution >= 4 is 29.5 Å². The van der Waals surface area contributed by atoms with Crippen molar-refractivity contribution in [1.82, 2.24) is 26.6 Å². The number of carbonyl (C=O) groups excluding carboxylic acids is 5. The average molecular weight is 714 g/mol. The number of para-hydroxylation sites is 1. The van der Waals surface area contributed by atoms with E-state index in [1.165, 1.54) is 12.1 Å². The van der Waals surface area contributed by atoms with Crippen molar-refractivity contribution in [3.05, 3.63) is 101 Å². The number of halogens is 1. The molecule has 1 aliphatic carbocycles. The van der Waals surface area contributed by atoms with E-state index in [4.69, 9.17) is 4.74 Å². The van der Waals surface area contributed by atoms with Gasteiger partial charge in [0.25, 0.3) is 5.91 Å². The molecule has 0 bridgehead atoms. The number of ether oxygens (including phenoxy) is 1. The fourth-order valence-corrected chi connectivity index (χ4v) is 6.67. The van der Waals surface area contributed by atoms with Gasteiger partial charge in [0.15, 0.2) is 0 Å². The smallest absolute Gasteiger partial charge is 0.255 e. The Hall–Kier alpha value is -5.26. The van der Waals surface area contributed by atoms with Gasteiger partial charge in [0.1, 0.15) is 29.2 Å². The van der Waals surface area contributed by atoms with Crippen LogP contribution in [0.3, 0.4) is 0 Å². The summed E-state index contributed by atoms with van der Waals surface area (Å²) >= 11 is 0. The number of amides is 5. The Morgan fingerprint density at radius 1 is 0.885 bits per heavy atom. The molecule has 5 N–H and O–H groups in total. The number of benzene rings is 3. The van der Waals surface area contributed by atoms with Gasteiger partial charge in [-0.1, -0.05) is 87.7 Å². The summed E-state index contributed by atoms with van der Waals surface area (Å²) in [6.45, 7) is 4.34. The van der Waals surface area contributed by atoms with Crippen LogP contribution in [0.4, 0.5) is 4.39 Å². The van der Waals surface area contributed by atoms with Gasteiger partial charge in [0.05, 0.1) is 18.6 Å². The van der Waals surface area contributed by atoms with Crippen molar-refractivity contribution in [2.45, 2.75) is 88.3 Å². The van der Waals surface area contributed by atoms with Crippen LogP contribution in [0.2, 0.25) is 0 Å². The Labute approximate surface area is 303 Å². The molecule has 52 heavy (non-hydrogen) atoms. The predicted molar refractivity (Wildman–Crippen MR) is 194 cm³/mol. The monoisotopic (exact) mass is 713 g/mol. The third-order valence-corrected chi connectivity index (χ3v) is 9.78. The van der Waals surface area contributed by atoms with Gasteiger partial charge >= 0.3 is 0 Å². The summed E-state index contributed by atoms with van der Waals surface area (Å²) in [7, 11) is 0. The molecule has 5 rings (SSSR count). The van der Waals surface area contributed by atoms with Gasteiger partial charge in [-0.3, -0.25) is 24.0 Å². The van der Waals surface area contributed by atoms with Crippen molar-refractivity contribution < 1.29 is 33.1 Å². The summed E-state index contributed by atoms with van der Waals surface area (Å²) in [4.78, 5) is 69.1. The SMILES string of the molecule is CC(C)(CNC(=O)[C@@H]1CC(=O)NC2(CCCCC2)C(=O)N[C@@H](Cc2ccccc2)C(=O)NCCCOc2ccccc2C(=O)N1)c1ccc(F)cc1. The molecule has 0 saturated heterocycles. The minimum Gasteiger partial charge on any atom is -0.493 e. The first-order valence-corrected chi connectivity index (χ1v) is 18.0. The lowest BCUT2D eigenvalue weighted by Crippen LogP contribution is -2.63. The van der Waals surface area contributed by atoms with E-state index < -0.39 is 53.1 Å². The van der Waals surface area contributed by atoms with E-state index in [9.17, 15) is 28.4 Å². The number of nitrogens with one attached hydrogen (secondary N) is 5. The highest BCUT2D eigenvalue weighted by molar-refractivity contribution is 6.01. The fraction of sp³-hybridized carbons (Fsp3) is 0.425. The average Bonchev–Trinajstić information content (AvgIpc) is 3.13. The number of rotatable bonds is 6. The van der Waals surface area contributed by atoms with Gasteiger partial charge in [0.2, 0.25) is 23.6 Å². The molecule has 1 saturated carbocycles. The predicted octanol–water partition coefficient (Wildman–Crippen LogP) is 3.85. The van der Waals surface area contributed by atoms with Crippen molar-refractivity contribution in [2.24, 2.45) is 0 Å². The maximum Gasteiger partial charge on any atom is 0.255 e. The molecule has 1 fully saturated rings. The topological polar surface area (TPSA) is 155 Å². The number of fused-ring (bicyclic) bond motifs is 1. The number of hydrogen-bond donors (Lipinski definition) is 5. The first-order chi connectivity index (χ1) is 25.0. The van der Waals surface area contributed by atoms with Crippen LogP contribution in [0.5, 0.6) is 5.75 Å². The van der Waals surface area contributed by atoms with Gasteiger partial charge in [0, 0.05) is 24.9 Å². The quantitative estimate of drug-likeness (QED) is 0.262. The third kappa shape index (κ3) is 9.95. The maximum atomic E-state index is 14.2. The Kier molecular flexibility index (Phi) is 12.6. The minimum atomic E-state index is -1.32. The van der Waals surface area contributed by atoms with Crippen LogP contribution in [-0.2, 0) is 31.0 Å². The molecule has 5 amide bonds. The fourth-order valence-electron chi connectivity index (χ4n) is 6.67. The van der Waals surface area contributed by atoms with Crippen LogP contribution in [0, 0.1) is 5.82 Å². The normalized spacial score (nSPS) is 20.4. The van der Waals surface area contributed by atoms with E-state index in [0.29, 0.717) is 32.1 Å². The lowest BCUT2D eigenvalue weighted by Gasteiger charge is -2.38. The summed E-state index contributed by atoms with van der Waals surface area (Å²) in [5.41, 5.74) is -0.108. The van der Waals surface area contributed by atoms with E-state index in [-0.39, 0.29) is 49.2 Å². The largest absolute Gasteiger partial charge is 0.493 e. The molecule has 0 aromatic heterocycles. The molecule has 276 valence electrons. The third-order valence-electron chi connectivity index (χ3n) is 9.78. The molecule has 3 aromatic rings. The molecule has 12 heteroatoms. The van der Waals surface area contributed by atoms with E-state index in [2.05, 4.69) is 26.6 Å². The standard InChI is InChI=1S/C40H48FN5O6/c1-39(2,28-16-18-29(41)19-17-28)26-43-37(50)32-25-34(47)46-40(20-9-4-10-21-40)38(51)45-31(24-27-12-5-3-6-13-27)36(49)42-22-11-23-52-33-15-8-7-14-30(33)35(48)44-32/h3,5-8,12-19,31-32H,4,9-11,20-26H2,1-2H3,(H,42,49)(H,43,50)(H,44,48)(H,45,51)(H,46,47)/t31-,32-/m0/s1. The van der Waals surface area contributed by atoms with Crippen molar-refractivity contribution in [1.29, 1.82) is 0 Å². The van der Waals surface area contributed by atoms with Crippen LogP contribution in [-0.4, -0.2) is 66.9 Å². The van der Waals surface area contributed by atoms with E-state index in [1.54, 1.807) is 36.4 Å². The zero-order valence-electron chi connectivity index (χ0n) is 29.8. The molecule has 1 heterocycles. The molecule has 1 aliphatic heterocycles. The minimum absolute atomic E-state index is 0.127. The Morgan fingerprint density at radius 3 is 2.31 bits per heavy atom. The summed E-state index contributed by atoms with van der Waals surface area (Å²) < 4.78 is 19.5. The molecule has 3 aromatic carbocycles. The summed E-state index contributed by atoms with van der Waals surface area (Å²) in [5, 5.41) is 14.4. The van der Waals surface area contributed by atoms with E-state index >= 15 is 0 Å². The van der Waals surface area contributed by atoms with Crippen LogP contribution in [0.25, 0.3) is 0 Å². The molecular weight excluding hydrogens is 665 g/mol.